The number of nitrogens with two attached hydrogens (primary N) is 1. The van der Waals surface area contributed by atoms with Crippen LogP contribution in [-0.4, -0.2) is 34.1 Å². The van der Waals surface area contributed by atoms with Crippen LogP contribution in [0.15, 0.2) is 30.3 Å². The van der Waals surface area contributed by atoms with Gasteiger partial charge in [0.05, 0.1) is 6.04 Å². The van der Waals surface area contributed by atoms with Gasteiger partial charge in [-0.15, -0.1) is 0 Å². The van der Waals surface area contributed by atoms with Crippen LogP contribution >= 0.6 is 0 Å². The van der Waals surface area contributed by atoms with Crippen molar-refractivity contribution in [1.82, 2.24) is 10.4 Å². The first kappa shape index (κ1) is 12.5. The second-order valence-electron chi connectivity index (χ2n) is 4.28. The summed E-state index contributed by atoms with van der Waals surface area (Å²) < 4.78 is 0. The second kappa shape index (κ2) is 5.16. The molecular weight excluding hydrogens is 234 g/mol. The van der Waals surface area contributed by atoms with Gasteiger partial charge in [0.2, 0.25) is 5.91 Å². The number of rotatable bonds is 4. The van der Waals surface area contributed by atoms with Crippen LogP contribution in [0.25, 0.3) is 0 Å². The van der Waals surface area contributed by atoms with E-state index >= 15 is 0 Å². The predicted molar refractivity (Wildman–Crippen MR) is 64.1 cm³/mol. The molecule has 1 aliphatic rings. The first-order chi connectivity index (χ1) is 8.58. The molecule has 1 aromatic rings. The quantitative estimate of drug-likeness (QED) is 0.681. The SMILES string of the molecule is N[C@H](C(=O)O)[C@@H]1CC(=O)NN1Cc1ccccc1. The topological polar surface area (TPSA) is 95.7 Å². The van der Waals surface area contributed by atoms with Gasteiger partial charge >= 0.3 is 5.97 Å². The molecule has 2 rings (SSSR count). The van der Waals surface area contributed by atoms with Crippen molar-refractivity contribution in [1.29, 1.82) is 0 Å². The molecule has 1 aromatic carbocycles. The highest BCUT2D eigenvalue weighted by Gasteiger charge is 2.37. The summed E-state index contributed by atoms with van der Waals surface area (Å²) in [7, 11) is 0. The molecule has 1 amide bonds. The Hall–Kier alpha value is -1.92. The van der Waals surface area contributed by atoms with E-state index in [0.717, 1.165) is 5.56 Å². The smallest absolute Gasteiger partial charge is 0.322 e. The molecule has 0 aromatic heterocycles. The molecule has 1 fully saturated rings. The Kier molecular flexibility index (Phi) is 3.59. The zero-order valence-corrected chi connectivity index (χ0v) is 9.74. The van der Waals surface area contributed by atoms with Gasteiger partial charge in [0.25, 0.3) is 0 Å². The van der Waals surface area contributed by atoms with Crippen LogP contribution in [0, 0.1) is 0 Å². The zero-order valence-electron chi connectivity index (χ0n) is 9.74. The first-order valence-corrected chi connectivity index (χ1v) is 5.66. The van der Waals surface area contributed by atoms with Crippen LogP contribution in [0.2, 0.25) is 0 Å². The van der Waals surface area contributed by atoms with E-state index in [0.29, 0.717) is 6.54 Å². The summed E-state index contributed by atoms with van der Waals surface area (Å²) in [6, 6.07) is 7.90. The number of amides is 1. The number of carbonyl (C=O) groups is 2. The van der Waals surface area contributed by atoms with E-state index in [9.17, 15) is 9.59 Å². The number of hydrogen-bond acceptors (Lipinski definition) is 4. The molecule has 4 N–H and O–H groups in total. The van der Waals surface area contributed by atoms with Crippen molar-refractivity contribution in [2.45, 2.75) is 25.0 Å². The molecule has 0 spiro atoms. The Morgan fingerprint density at radius 1 is 1.50 bits per heavy atom. The van der Waals surface area contributed by atoms with E-state index in [2.05, 4.69) is 5.43 Å². The molecule has 0 saturated carbocycles. The van der Waals surface area contributed by atoms with Crippen LogP contribution in [0.5, 0.6) is 0 Å². The van der Waals surface area contributed by atoms with E-state index < -0.39 is 18.1 Å². The molecule has 1 saturated heterocycles. The van der Waals surface area contributed by atoms with E-state index in [4.69, 9.17) is 10.8 Å². The molecule has 1 heterocycles. The van der Waals surface area contributed by atoms with Crippen LogP contribution < -0.4 is 11.2 Å². The van der Waals surface area contributed by atoms with Crippen molar-refractivity contribution in [3.05, 3.63) is 35.9 Å². The average Bonchev–Trinajstić information content (AvgIpc) is 2.70. The van der Waals surface area contributed by atoms with Gasteiger partial charge < -0.3 is 10.8 Å². The normalized spacial score (nSPS) is 21.6. The number of carbonyl (C=O) groups excluding carboxylic acids is 1. The van der Waals surface area contributed by atoms with Crippen LogP contribution in [0.4, 0.5) is 0 Å². The zero-order chi connectivity index (χ0) is 13.1. The third kappa shape index (κ3) is 2.66. The summed E-state index contributed by atoms with van der Waals surface area (Å²) in [6.45, 7) is 0.443. The van der Waals surface area contributed by atoms with Crippen molar-refractivity contribution >= 4 is 11.9 Å². The number of benzene rings is 1. The minimum absolute atomic E-state index is 0.111. The van der Waals surface area contributed by atoms with Gasteiger partial charge in [-0.3, -0.25) is 15.0 Å². The van der Waals surface area contributed by atoms with E-state index in [1.165, 1.54) is 0 Å². The fraction of sp³-hybridized carbons (Fsp3) is 0.333. The number of carboxylic acids is 1. The lowest BCUT2D eigenvalue weighted by molar-refractivity contribution is -0.140. The lowest BCUT2D eigenvalue weighted by Gasteiger charge is -2.25. The Balaban J connectivity index is 2.10. The molecule has 96 valence electrons. The number of hydrogen-bond donors (Lipinski definition) is 3. The lowest BCUT2D eigenvalue weighted by atomic mass is 10.1. The maximum atomic E-state index is 11.4. The third-order valence-electron chi connectivity index (χ3n) is 2.96. The Morgan fingerprint density at radius 2 is 2.17 bits per heavy atom. The summed E-state index contributed by atoms with van der Waals surface area (Å²) in [6.07, 6.45) is 0.111. The van der Waals surface area contributed by atoms with Crippen molar-refractivity contribution in [3.8, 4) is 0 Å². The molecular formula is C12H15N3O3. The molecule has 18 heavy (non-hydrogen) atoms. The predicted octanol–water partition coefficient (Wildman–Crippen LogP) is -0.296. The van der Waals surface area contributed by atoms with Crippen molar-refractivity contribution in [2.75, 3.05) is 0 Å². The Morgan fingerprint density at radius 3 is 2.78 bits per heavy atom. The molecule has 0 bridgehead atoms. The monoisotopic (exact) mass is 249 g/mol. The highest BCUT2D eigenvalue weighted by Crippen LogP contribution is 2.16. The van der Waals surface area contributed by atoms with Gasteiger partial charge in [0.1, 0.15) is 6.04 Å². The molecule has 6 heteroatoms. The molecule has 6 nitrogen and oxygen atoms in total. The Bertz CT molecular complexity index is 449. The number of aliphatic carboxylic acids is 1. The molecule has 0 aliphatic carbocycles. The van der Waals surface area contributed by atoms with Crippen LogP contribution in [0.3, 0.4) is 0 Å². The van der Waals surface area contributed by atoms with Crippen molar-refractivity contribution in [2.24, 2.45) is 5.73 Å². The van der Waals surface area contributed by atoms with Crippen LogP contribution in [-0.2, 0) is 16.1 Å². The minimum Gasteiger partial charge on any atom is -0.480 e. The number of carboxylic acid groups (broad SMARTS) is 1. The summed E-state index contributed by atoms with van der Waals surface area (Å²) in [5, 5.41) is 10.5. The highest BCUT2D eigenvalue weighted by atomic mass is 16.4. The van der Waals surface area contributed by atoms with Crippen LogP contribution in [0.1, 0.15) is 12.0 Å². The number of nitrogens with one attached hydrogen (secondary N) is 1. The van der Waals surface area contributed by atoms with Gasteiger partial charge in [0, 0.05) is 13.0 Å². The average molecular weight is 249 g/mol. The molecule has 0 unspecified atom stereocenters. The summed E-state index contributed by atoms with van der Waals surface area (Å²) in [4.78, 5) is 22.3. The van der Waals surface area contributed by atoms with Gasteiger partial charge in [-0.2, -0.15) is 0 Å². The first-order valence-electron chi connectivity index (χ1n) is 5.66. The van der Waals surface area contributed by atoms with E-state index in [1.54, 1.807) is 5.01 Å². The van der Waals surface area contributed by atoms with Crippen molar-refractivity contribution in [3.63, 3.8) is 0 Å². The Labute approximate surface area is 104 Å². The third-order valence-corrected chi connectivity index (χ3v) is 2.96. The standard InChI is InChI=1S/C12H15N3O3/c13-11(12(17)18)9-6-10(16)14-15(9)7-8-4-2-1-3-5-8/h1-5,9,11H,6-7,13H2,(H,14,16)(H,17,18)/t9-,11-/m0/s1. The largest absolute Gasteiger partial charge is 0.480 e. The summed E-state index contributed by atoms with van der Waals surface area (Å²) in [5.41, 5.74) is 9.22. The molecule has 1 aliphatic heterocycles. The fourth-order valence-corrected chi connectivity index (χ4v) is 2.01. The minimum atomic E-state index is -1.10. The fourth-order valence-electron chi connectivity index (χ4n) is 2.01. The van der Waals surface area contributed by atoms with Gasteiger partial charge in [0.15, 0.2) is 0 Å². The highest BCUT2D eigenvalue weighted by molar-refractivity contribution is 5.81. The molecule has 0 radical (unpaired) electrons. The lowest BCUT2D eigenvalue weighted by Crippen LogP contribution is -2.50. The van der Waals surface area contributed by atoms with Crippen molar-refractivity contribution < 1.29 is 14.7 Å². The maximum absolute atomic E-state index is 11.4. The number of hydrazine groups is 1. The van der Waals surface area contributed by atoms with Gasteiger partial charge in [-0.1, -0.05) is 30.3 Å². The van der Waals surface area contributed by atoms with E-state index in [-0.39, 0.29) is 12.3 Å². The van der Waals surface area contributed by atoms with Gasteiger partial charge in [-0.05, 0) is 5.56 Å². The molecule has 2 atom stereocenters. The summed E-state index contributed by atoms with van der Waals surface area (Å²) in [5.74, 6) is -1.30. The summed E-state index contributed by atoms with van der Waals surface area (Å²) >= 11 is 0. The van der Waals surface area contributed by atoms with Gasteiger partial charge in [-0.25, -0.2) is 5.01 Å². The number of nitrogens with zero attached hydrogens (tertiary/aromatic N) is 1. The second-order valence-corrected chi connectivity index (χ2v) is 4.28. The van der Waals surface area contributed by atoms with E-state index in [1.807, 2.05) is 30.3 Å². The maximum Gasteiger partial charge on any atom is 0.322 e.